The number of fused-ring (bicyclic) bond motifs is 1. The maximum absolute atomic E-state index is 12.5. The standard InChI is InChI=1S/C18H27NO/c1-5-6-7-8-9-14-10-11-15-16(19-14)13(2)12-18(3,4)17(15)20/h10-11,13H,5-9,12H2,1-4H3. The molecular formula is C18H27NO. The van der Waals surface area contributed by atoms with Crippen LogP contribution >= 0.6 is 0 Å². The molecule has 1 aromatic heterocycles. The minimum atomic E-state index is -0.239. The van der Waals surface area contributed by atoms with Gasteiger partial charge in [0.1, 0.15) is 0 Å². The number of aromatic nitrogens is 1. The zero-order valence-electron chi connectivity index (χ0n) is 13.3. The van der Waals surface area contributed by atoms with Crippen molar-refractivity contribution in [1.82, 2.24) is 4.98 Å². The van der Waals surface area contributed by atoms with E-state index in [1.54, 1.807) is 0 Å². The van der Waals surface area contributed by atoms with Crippen molar-refractivity contribution in [2.75, 3.05) is 0 Å². The number of hydrogen-bond acceptors (Lipinski definition) is 2. The lowest BCUT2D eigenvalue weighted by atomic mass is 9.70. The van der Waals surface area contributed by atoms with Crippen LogP contribution in [0, 0.1) is 5.41 Å². The Morgan fingerprint density at radius 3 is 2.70 bits per heavy atom. The van der Waals surface area contributed by atoms with Crippen LogP contribution in [0.1, 0.15) is 87.5 Å². The van der Waals surface area contributed by atoms with Crippen LogP contribution in [-0.4, -0.2) is 10.8 Å². The number of aryl methyl sites for hydroxylation is 1. The van der Waals surface area contributed by atoms with Crippen molar-refractivity contribution in [2.45, 2.75) is 72.1 Å². The quantitative estimate of drug-likeness (QED) is 0.713. The van der Waals surface area contributed by atoms with Crippen molar-refractivity contribution < 1.29 is 4.79 Å². The van der Waals surface area contributed by atoms with Crippen molar-refractivity contribution in [3.8, 4) is 0 Å². The van der Waals surface area contributed by atoms with Crippen LogP contribution in [0.3, 0.4) is 0 Å². The first-order chi connectivity index (χ1) is 9.45. The second-order valence-corrected chi connectivity index (χ2v) is 6.86. The van der Waals surface area contributed by atoms with Crippen molar-refractivity contribution in [3.05, 3.63) is 29.1 Å². The van der Waals surface area contributed by atoms with Gasteiger partial charge < -0.3 is 0 Å². The van der Waals surface area contributed by atoms with E-state index in [0.29, 0.717) is 5.92 Å². The van der Waals surface area contributed by atoms with Gasteiger partial charge in [0, 0.05) is 22.6 Å². The molecule has 0 saturated carbocycles. The molecule has 0 aliphatic heterocycles. The van der Waals surface area contributed by atoms with E-state index >= 15 is 0 Å². The van der Waals surface area contributed by atoms with Crippen molar-refractivity contribution >= 4 is 5.78 Å². The molecule has 0 radical (unpaired) electrons. The van der Waals surface area contributed by atoms with E-state index in [0.717, 1.165) is 29.8 Å². The minimum absolute atomic E-state index is 0.239. The van der Waals surface area contributed by atoms with Gasteiger partial charge in [-0.1, -0.05) is 47.0 Å². The Balaban J connectivity index is 2.15. The smallest absolute Gasteiger partial charge is 0.170 e. The van der Waals surface area contributed by atoms with Gasteiger partial charge in [-0.3, -0.25) is 9.78 Å². The van der Waals surface area contributed by atoms with Gasteiger partial charge >= 0.3 is 0 Å². The van der Waals surface area contributed by atoms with Crippen LogP contribution in [0.2, 0.25) is 0 Å². The number of carbonyl (C=O) groups is 1. The van der Waals surface area contributed by atoms with Gasteiger partial charge in [-0.2, -0.15) is 0 Å². The molecule has 0 spiro atoms. The van der Waals surface area contributed by atoms with Crippen LogP contribution in [-0.2, 0) is 6.42 Å². The summed E-state index contributed by atoms with van der Waals surface area (Å²) in [6.45, 7) is 8.52. The SMILES string of the molecule is CCCCCCc1ccc2c(n1)C(C)CC(C)(C)C2=O. The summed E-state index contributed by atoms with van der Waals surface area (Å²) in [5.74, 6) is 0.643. The number of rotatable bonds is 5. The number of pyridine rings is 1. The van der Waals surface area contributed by atoms with Crippen LogP contribution in [0.5, 0.6) is 0 Å². The summed E-state index contributed by atoms with van der Waals surface area (Å²) >= 11 is 0. The number of nitrogens with zero attached hydrogens (tertiary/aromatic N) is 1. The maximum atomic E-state index is 12.5. The lowest BCUT2D eigenvalue weighted by Gasteiger charge is -2.33. The average Bonchev–Trinajstić information content (AvgIpc) is 2.41. The molecule has 1 aromatic rings. The molecule has 2 heteroatoms. The zero-order valence-corrected chi connectivity index (χ0v) is 13.3. The summed E-state index contributed by atoms with van der Waals surface area (Å²) in [5, 5.41) is 0. The molecule has 0 aromatic carbocycles. The molecule has 0 N–H and O–H groups in total. The zero-order chi connectivity index (χ0) is 14.8. The predicted molar refractivity (Wildman–Crippen MR) is 83.2 cm³/mol. The largest absolute Gasteiger partial charge is 0.294 e. The normalized spacial score (nSPS) is 20.8. The molecule has 1 aliphatic carbocycles. The molecule has 1 unspecified atom stereocenters. The summed E-state index contributed by atoms with van der Waals surface area (Å²) in [5.41, 5.74) is 2.80. The Labute approximate surface area is 123 Å². The van der Waals surface area contributed by atoms with Gasteiger partial charge in [0.05, 0.1) is 5.69 Å². The fourth-order valence-corrected chi connectivity index (χ4v) is 3.28. The van der Waals surface area contributed by atoms with E-state index < -0.39 is 0 Å². The van der Waals surface area contributed by atoms with Crippen LogP contribution in [0.25, 0.3) is 0 Å². The second-order valence-electron chi connectivity index (χ2n) is 6.86. The number of unbranched alkanes of at least 4 members (excludes halogenated alkanes) is 3. The fourth-order valence-electron chi connectivity index (χ4n) is 3.28. The number of carbonyl (C=O) groups excluding carboxylic acids is 1. The monoisotopic (exact) mass is 273 g/mol. The van der Waals surface area contributed by atoms with Gasteiger partial charge in [-0.25, -0.2) is 0 Å². The van der Waals surface area contributed by atoms with Gasteiger partial charge in [-0.05, 0) is 31.4 Å². The Kier molecular flexibility index (Phi) is 4.62. The second kappa shape index (κ2) is 6.07. The highest BCUT2D eigenvalue weighted by molar-refractivity contribution is 6.02. The van der Waals surface area contributed by atoms with E-state index in [4.69, 9.17) is 4.98 Å². The van der Waals surface area contributed by atoms with E-state index in [9.17, 15) is 4.79 Å². The van der Waals surface area contributed by atoms with Crippen LogP contribution in [0.4, 0.5) is 0 Å². The Morgan fingerprint density at radius 1 is 1.25 bits per heavy atom. The summed E-state index contributed by atoms with van der Waals surface area (Å²) in [4.78, 5) is 17.2. The average molecular weight is 273 g/mol. The van der Waals surface area contributed by atoms with E-state index in [2.05, 4.69) is 19.9 Å². The Bertz CT molecular complexity index is 490. The van der Waals surface area contributed by atoms with E-state index in [-0.39, 0.29) is 11.2 Å². The predicted octanol–water partition coefficient (Wildman–Crippen LogP) is 4.92. The summed E-state index contributed by atoms with van der Waals surface area (Å²) in [6, 6.07) is 4.06. The third-order valence-electron chi connectivity index (χ3n) is 4.41. The summed E-state index contributed by atoms with van der Waals surface area (Å²) < 4.78 is 0. The Morgan fingerprint density at radius 2 is 2.00 bits per heavy atom. The lowest BCUT2D eigenvalue weighted by molar-refractivity contribution is 0.0795. The van der Waals surface area contributed by atoms with Crippen LogP contribution < -0.4 is 0 Å². The fraction of sp³-hybridized carbons (Fsp3) is 0.667. The molecule has 1 aliphatic rings. The molecule has 0 saturated heterocycles. The van der Waals surface area contributed by atoms with Gasteiger partial charge in [-0.15, -0.1) is 0 Å². The topological polar surface area (TPSA) is 30.0 Å². The number of ketones is 1. The molecule has 1 atom stereocenters. The number of Topliss-reactive ketones (excluding diaryl/α,β-unsaturated/α-hetero) is 1. The van der Waals surface area contributed by atoms with Crippen LogP contribution in [0.15, 0.2) is 12.1 Å². The highest BCUT2D eigenvalue weighted by Gasteiger charge is 2.38. The number of hydrogen-bond donors (Lipinski definition) is 0. The highest BCUT2D eigenvalue weighted by atomic mass is 16.1. The maximum Gasteiger partial charge on any atom is 0.170 e. The van der Waals surface area contributed by atoms with Crippen molar-refractivity contribution in [1.29, 1.82) is 0 Å². The third kappa shape index (κ3) is 3.11. The Hall–Kier alpha value is -1.18. The molecule has 0 bridgehead atoms. The molecule has 2 rings (SSSR count). The lowest BCUT2D eigenvalue weighted by Crippen LogP contribution is -2.32. The highest BCUT2D eigenvalue weighted by Crippen LogP contribution is 2.40. The summed E-state index contributed by atoms with van der Waals surface area (Å²) in [7, 11) is 0. The minimum Gasteiger partial charge on any atom is -0.294 e. The van der Waals surface area contributed by atoms with Crippen molar-refractivity contribution in [2.24, 2.45) is 5.41 Å². The molecule has 110 valence electrons. The van der Waals surface area contributed by atoms with Gasteiger partial charge in [0.2, 0.25) is 0 Å². The van der Waals surface area contributed by atoms with Gasteiger partial charge in [0.25, 0.3) is 0 Å². The first-order valence-electron chi connectivity index (χ1n) is 8.00. The first-order valence-corrected chi connectivity index (χ1v) is 8.00. The van der Waals surface area contributed by atoms with Gasteiger partial charge in [0.15, 0.2) is 5.78 Å². The molecule has 20 heavy (non-hydrogen) atoms. The molecular weight excluding hydrogens is 246 g/mol. The molecule has 0 fully saturated rings. The van der Waals surface area contributed by atoms with Crippen molar-refractivity contribution in [3.63, 3.8) is 0 Å². The molecule has 1 heterocycles. The third-order valence-corrected chi connectivity index (χ3v) is 4.41. The molecule has 2 nitrogen and oxygen atoms in total. The van der Waals surface area contributed by atoms with E-state index in [1.807, 2.05) is 19.9 Å². The first kappa shape index (κ1) is 15.2. The molecule has 0 amide bonds. The summed E-state index contributed by atoms with van der Waals surface area (Å²) in [6.07, 6.45) is 6.99. The van der Waals surface area contributed by atoms with E-state index in [1.165, 1.54) is 25.7 Å².